The van der Waals surface area contributed by atoms with Crippen LogP contribution < -0.4 is 0 Å². The first-order valence-corrected chi connectivity index (χ1v) is 3.94. The summed E-state index contributed by atoms with van der Waals surface area (Å²) in [5, 5.41) is 8.72. The van der Waals surface area contributed by atoms with Crippen LogP contribution >= 0.6 is 0 Å². The Morgan fingerprint density at radius 3 is 2.38 bits per heavy atom. The van der Waals surface area contributed by atoms with Gasteiger partial charge < -0.3 is 5.11 Å². The van der Waals surface area contributed by atoms with Gasteiger partial charge in [0.1, 0.15) is 0 Å². The van der Waals surface area contributed by atoms with E-state index >= 15 is 0 Å². The molecule has 0 saturated carbocycles. The molecule has 0 aliphatic rings. The molecule has 0 aliphatic heterocycles. The first-order chi connectivity index (χ1) is 6.15. The summed E-state index contributed by atoms with van der Waals surface area (Å²) in [6.07, 6.45) is 5.17. The molecule has 0 bridgehead atoms. The smallest absolute Gasteiger partial charge is 0.310 e. The zero-order chi connectivity index (χ0) is 9.84. The third-order valence-corrected chi connectivity index (χ3v) is 1.95. The fraction of sp³-hybridized carbons (Fsp3) is 0.182. The maximum atomic E-state index is 10.6. The molecule has 0 spiro atoms. The van der Waals surface area contributed by atoms with Gasteiger partial charge in [0, 0.05) is 5.56 Å². The third-order valence-electron chi connectivity index (χ3n) is 1.95. The molecule has 0 aliphatic carbocycles. The average Bonchev–Trinajstić information content (AvgIpc) is 2.17. The molecule has 0 saturated heterocycles. The lowest BCUT2D eigenvalue weighted by Gasteiger charge is -2.05. The summed E-state index contributed by atoms with van der Waals surface area (Å²) in [5.41, 5.74) is 1.54. The summed E-state index contributed by atoms with van der Waals surface area (Å²) in [7, 11) is 0. The fourth-order valence-electron chi connectivity index (χ4n) is 1.01. The highest BCUT2D eigenvalue weighted by molar-refractivity contribution is 5.75. The highest BCUT2D eigenvalue weighted by Gasteiger charge is 2.12. The van der Waals surface area contributed by atoms with Crippen LogP contribution in [0, 0.1) is 12.3 Å². The Morgan fingerprint density at radius 2 is 2.00 bits per heavy atom. The Hall–Kier alpha value is -1.75. The number of terminal acetylenes is 1. The van der Waals surface area contributed by atoms with Crippen molar-refractivity contribution < 1.29 is 9.90 Å². The summed E-state index contributed by atoms with van der Waals surface area (Å²) >= 11 is 0. The molecule has 1 N–H and O–H groups in total. The second-order valence-electron chi connectivity index (χ2n) is 2.83. The van der Waals surface area contributed by atoms with E-state index in [2.05, 4.69) is 5.92 Å². The largest absolute Gasteiger partial charge is 0.481 e. The molecular weight excluding hydrogens is 164 g/mol. The number of aliphatic carboxylic acids is 1. The van der Waals surface area contributed by atoms with Crippen LogP contribution in [0.25, 0.3) is 0 Å². The maximum absolute atomic E-state index is 10.6. The number of hydrogen-bond donors (Lipinski definition) is 1. The molecule has 1 aromatic carbocycles. The van der Waals surface area contributed by atoms with E-state index in [1.807, 2.05) is 0 Å². The monoisotopic (exact) mass is 174 g/mol. The third kappa shape index (κ3) is 2.09. The Labute approximate surface area is 77.2 Å². The Kier molecular flexibility index (Phi) is 2.71. The second kappa shape index (κ2) is 3.77. The lowest BCUT2D eigenvalue weighted by molar-refractivity contribution is -0.138. The summed E-state index contributed by atoms with van der Waals surface area (Å²) in [6, 6.07) is 6.98. The van der Waals surface area contributed by atoms with Gasteiger partial charge in [0.15, 0.2) is 0 Å². The summed E-state index contributed by atoms with van der Waals surface area (Å²) in [4.78, 5) is 10.6. The van der Waals surface area contributed by atoms with Gasteiger partial charge in [0.05, 0.1) is 5.92 Å². The maximum Gasteiger partial charge on any atom is 0.310 e. The molecule has 2 nitrogen and oxygen atoms in total. The van der Waals surface area contributed by atoms with Gasteiger partial charge in [-0.2, -0.15) is 0 Å². The van der Waals surface area contributed by atoms with Crippen LogP contribution in [-0.4, -0.2) is 11.1 Å². The molecule has 1 aromatic rings. The molecule has 0 radical (unpaired) electrons. The van der Waals surface area contributed by atoms with Gasteiger partial charge in [-0.15, -0.1) is 6.42 Å². The van der Waals surface area contributed by atoms with Crippen LogP contribution in [0.4, 0.5) is 0 Å². The van der Waals surface area contributed by atoms with E-state index in [1.165, 1.54) is 0 Å². The van der Waals surface area contributed by atoms with E-state index in [0.717, 1.165) is 11.1 Å². The average molecular weight is 174 g/mol. The van der Waals surface area contributed by atoms with Gasteiger partial charge in [-0.3, -0.25) is 4.79 Å². The molecule has 0 heterocycles. The molecule has 2 heteroatoms. The van der Waals surface area contributed by atoms with Gasteiger partial charge in [-0.05, 0) is 24.6 Å². The number of benzene rings is 1. The van der Waals surface area contributed by atoms with Crippen LogP contribution in [0.15, 0.2) is 24.3 Å². The SMILES string of the molecule is C#Cc1ccc([C@H](C)C(=O)O)cc1. The van der Waals surface area contributed by atoms with E-state index in [0.29, 0.717) is 0 Å². The summed E-state index contributed by atoms with van der Waals surface area (Å²) in [5.74, 6) is 1.17. The zero-order valence-corrected chi connectivity index (χ0v) is 7.32. The lowest BCUT2D eigenvalue weighted by Crippen LogP contribution is -2.06. The molecule has 0 fully saturated rings. The number of rotatable bonds is 2. The van der Waals surface area contributed by atoms with Crippen LogP contribution in [0.5, 0.6) is 0 Å². The Bertz CT molecular complexity index is 343. The van der Waals surface area contributed by atoms with Crippen molar-refractivity contribution in [2.75, 3.05) is 0 Å². The topological polar surface area (TPSA) is 37.3 Å². The van der Waals surface area contributed by atoms with E-state index in [4.69, 9.17) is 11.5 Å². The van der Waals surface area contributed by atoms with Crippen LogP contribution in [-0.2, 0) is 4.79 Å². The molecule has 1 rings (SSSR count). The Morgan fingerprint density at radius 1 is 1.46 bits per heavy atom. The Balaban J connectivity index is 2.93. The van der Waals surface area contributed by atoms with Crippen molar-refractivity contribution in [1.29, 1.82) is 0 Å². The van der Waals surface area contributed by atoms with Crippen LogP contribution in [0.1, 0.15) is 24.0 Å². The van der Waals surface area contributed by atoms with Gasteiger partial charge in [-0.25, -0.2) is 0 Å². The van der Waals surface area contributed by atoms with Gasteiger partial charge in [0.2, 0.25) is 0 Å². The summed E-state index contributed by atoms with van der Waals surface area (Å²) < 4.78 is 0. The predicted molar refractivity (Wildman–Crippen MR) is 50.4 cm³/mol. The molecule has 0 unspecified atom stereocenters. The predicted octanol–water partition coefficient (Wildman–Crippen LogP) is 1.86. The summed E-state index contributed by atoms with van der Waals surface area (Å²) in [6.45, 7) is 1.65. The highest BCUT2D eigenvalue weighted by atomic mass is 16.4. The van der Waals surface area contributed by atoms with E-state index in [1.54, 1.807) is 31.2 Å². The molecule has 1 atom stereocenters. The number of carboxylic acid groups (broad SMARTS) is 1. The molecular formula is C11H10O2. The minimum absolute atomic E-state index is 0.480. The first-order valence-electron chi connectivity index (χ1n) is 3.94. The van der Waals surface area contributed by atoms with Crippen molar-refractivity contribution in [2.45, 2.75) is 12.8 Å². The van der Waals surface area contributed by atoms with E-state index in [-0.39, 0.29) is 0 Å². The molecule has 13 heavy (non-hydrogen) atoms. The molecule has 0 amide bonds. The normalized spacial score (nSPS) is 11.7. The van der Waals surface area contributed by atoms with Gasteiger partial charge in [0.25, 0.3) is 0 Å². The first kappa shape index (κ1) is 9.34. The van der Waals surface area contributed by atoms with Crippen molar-refractivity contribution in [3.63, 3.8) is 0 Å². The zero-order valence-electron chi connectivity index (χ0n) is 7.32. The fourth-order valence-corrected chi connectivity index (χ4v) is 1.01. The lowest BCUT2D eigenvalue weighted by atomic mass is 10.0. The van der Waals surface area contributed by atoms with Crippen LogP contribution in [0.2, 0.25) is 0 Å². The van der Waals surface area contributed by atoms with Crippen molar-refractivity contribution in [3.8, 4) is 12.3 Å². The molecule has 66 valence electrons. The number of hydrogen-bond acceptors (Lipinski definition) is 1. The van der Waals surface area contributed by atoms with Crippen molar-refractivity contribution in [1.82, 2.24) is 0 Å². The molecule has 0 aromatic heterocycles. The van der Waals surface area contributed by atoms with Crippen molar-refractivity contribution >= 4 is 5.97 Å². The minimum Gasteiger partial charge on any atom is -0.481 e. The van der Waals surface area contributed by atoms with Gasteiger partial charge >= 0.3 is 5.97 Å². The minimum atomic E-state index is -0.826. The van der Waals surface area contributed by atoms with Crippen molar-refractivity contribution in [2.24, 2.45) is 0 Å². The van der Waals surface area contributed by atoms with E-state index in [9.17, 15) is 4.79 Å². The second-order valence-corrected chi connectivity index (χ2v) is 2.83. The van der Waals surface area contributed by atoms with Crippen LogP contribution in [0.3, 0.4) is 0 Å². The van der Waals surface area contributed by atoms with Gasteiger partial charge in [-0.1, -0.05) is 18.1 Å². The van der Waals surface area contributed by atoms with Crippen molar-refractivity contribution in [3.05, 3.63) is 35.4 Å². The number of carbonyl (C=O) groups is 1. The standard InChI is InChI=1S/C11H10O2/c1-3-9-4-6-10(7-5-9)8(2)11(12)13/h1,4-8H,2H3,(H,12,13)/t8-/m0/s1. The quantitative estimate of drug-likeness (QED) is 0.695. The van der Waals surface area contributed by atoms with E-state index < -0.39 is 11.9 Å². The number of carboxylic acids is 1. The highest BCUT2D eigenvalue weighted by Crippen LogP contribution is 2.15.